The number of aryl methyl sites for hydroxylation is 1. The fourth-order valence-electron chi connectivity index (χ4n) is 1.35. The van der Waals surface area contributed by atoms with Gasteiger partial charge in [0, 0.05) is 28.8 Å². The van der Waals surface area contributed by atoms with Crippen molar-refractivity contribution in [3.05, 3.63) is 29.1 Å². The number of aromatic nitrogens is 2. The number of hydrogen-bond donors (Lipinski definition) is 0. The van der Waals surface area contributed by atoms with Crippen molar-refractivity contribution in [3.63, 3.8) is 0 Å². The standard InChI is InChI=1S/C9H9BrN2/c1-2-12-6-8(10)7-3-4-11-5-9(7)12/h3-6H,2H2,1H3. The Bertz CT molecular complexity index is 406. The molecule has 0 aliphatic rings. The summed E-state index contributed by atoms with van der Waals surface area (Å²) in [6.07, 6.45) is 5.79. The van der Waals surface area contributed by atoms with Gasteiger partial charge in [-0.3, -0.25) is 4.98 Å². The molecule has 2 aromatic heterocycles. The molecular weight excluding hydrogens is 216 g/mol. The number of rotatable bonds is 1. The average Bonchev–Trinajstić information content (AvgIpc) is 2.44. The maximum Gasteiger partial charge on any atom is 0.0678 e. The minimum absolute atomic E-state index is 0.980. The highest BCUT2D eigenvalue weighted by molar-refractivity contribution is 9.10. The highest BCUT2D eigenvalue weighted by Gasteiger charge is 2.03. The lowest BCUT2D eigenvalue weighted by Crippen LogP contribution is -1.90. The molecule has 0 atom stereocenters. The molecule has 3 heteroatoms. The molecule has 2 nitrogen and oxygen atoms in total. The normalized spacial score (nSPS) is 10.8. The van der Waals surface area contributed by atoms with Gasteiger partial charge in [-0.25, -0.2) is 0 Å². The van der Waals surface area contributed by atoms with Crippen molar-refractivity contribution in [2.24, 2.45) is 0 Å². The molecule has 62 valence electrons. The fourth-order valence-corrected chi connectivity index (χ4v) is 1.94. The zero-order chi connectivity index (χ0) is 8.55. The van der Waals surface area contributed by atoms with Crippen LogP contribution in [-0.4, -0.2) is 9.55 Å². The van der Waals surface area contributed by atoms with Gasteiger partial charge in [0.2, 0.25) is 0 Å². The van der Waals surface area contributed by atoms with Crippen molar-refractivity contribution in [1.82, 2.24) is 9.55 Å². The molecule has 0 bridgehead atoms. The van der Waals surface area contributed by atoms with Crippen LogP contribution in [0.1, 0.15) is 6.92 Å². The predicted octanol–water partition coefficient (Wildman–Crippen LogP) is 2.82. The number of halogens is 1. The third-order valence-electron chi connectivity index (χ3n) is 1.98. The first-order chi connectivity index (χ1) is 5.83. The van der Waals surface area contributed by atoms with Gasteiger partial charge >= 0.3 is 0 Å². The Morgan fingerprint density at radius 1 is 1.58 bits per heavy atom. The smallest absolute Gasteiger partial charge is 0.0678 e. The first-order valence-corrected chi connectivity index (χ1v) is 4.70. The monoisotopic (exact) mass is 224 g/mol. The molecule has 0 saturated carbocycles. The molecule has 0 unspecified atom stereocenters. The quantitative estimate of drug-likeness (QED) is 0.729. The van der Waals surface area contributed by atoms with Crippen molar-refractivity contribution in [2.45, 2.75) is 13.5 Å². The molecule has 0 aliphatic carbocycles. The summed E-state index contributed by atoms with van der Waals surface area (Å²) in [6, 6.07) is 2.02. The maximum absolute atomic E-state index is 4.09. The third kappa shape index (κ3) is 1.05. The molecule has 0 aliphatic heterocycles. The zero-order valence-electron chi connectivity index (χ0n) is 6.79. The summed E-state index contributed by atoms with van der Waals surface area (Å²) in [4.78, 5) is 4.09. The van der Waals surface area contributed by atoms with Gasteiger partial charge < -0.3 is 4.57 Å². The number of nitrogens with zero attached hydrogens (tertiary/aromatic N) is 2. The van der Waals surface area contributed by atoms with Crippen LogP contribution in [0.3, 0.4) is 0 Å². The van der Waals surface area contributed by atoms with Gasteiger partial charge in [-0.2, -0.15) is 0 Å². The number of hydrogen-bond acceptors (Lipinski definition) is 1. The summed E-state index contributed by atoms with van der Waals surface area (Å²) in [5.41, 5.74) is 1.19. The molecule has 0 amide bonds. The molecule has 0 aromatic carbocycles. The summed E-state index contributed by atoms with van der Waals surface area (Å²) in [5.74, 6) is 0. The first kappa shape index (κ1) is 7.80. The molecule has 0 fully saturated rings. The van der Waals surface area contributed by atoms with Crippen molar-refractivity contribution in [1.29, 1.82) is 0 Å². The van der Waals surface area contributed by atoms with Gasteiger partial charge in [0.25, 0.3) is 0 Å². The number of fused-ring (bicyclic) bond motifs is 1. The van der Waals surface area contributed by atoms with Crippen molar-refractivity contribution in [2.75, 3.05) is 0 Å². The largest absolute Gasteiger partial charge is 0.345 e. The minimum Gasteiger partial charge on any atom is -0.345 e. The van der Waals surface area contributed by atoms with Gasteiger partial charge in [-0.15, -0.1) is 0 Å². The predicted molar refractivity (Wildman–Crippen MR) is 53.1 cm³/mol. The Morgan fingerprint density at radius 3 is 3.17 bits per heavy atom. The summed E-state index contributed by atoms with van der Waals surface area (Å²) < 4.78 is 3.31. The summed E-state index contributed by atoms with van der Waals surface area (Å²) in [6.45, 7) is 3.10. The van der Waals surface area contributed by atoms with E-state index in [1.165, 1.54) is 10.9 Å². The van der Waals surface area contributed by atoms with E-state index >= 15 is 0 Å². The van der Waals surface area contributed by atoms with Gasteiger partial charge in [-0.05, 0) is 28.9 Å². The second-order valence-electron chi connectivity index (χ2n) is 2.66. The Hall–Kier alpha value is -0.830. The fraction of sp³-hybridized carbons (Fsp3) is 0.222. The Balaban J connectivity index is 2.82. The van der Waals surface area contributed by atoms with E-state index in [0.29, 0.717) is 0 Å². The highest BCUT2D eigenvalue weighted by atomic mass is 79.9. The Morgan fingerprint density at radius 2 is 2.42 bits per heavy atom. The molecular formula is C9H9BrN2. The Kier molecular flexibility index (Phi) is 1.89. The molecule has 0 spiro atoms. The van der Waals surface area contributed by atoms with Gasteiger partial charge in [0.05, 0.1) is 11.7 Å². The van der Waals surface area contributed by atoms with Crippen LogP contribution in [0, 0.1) is 0 Å². The lowest BCUT2D eigenvalue weighted by Gasteiger charge is -1.97. The van der Waals surface area contributed by atoms with Crippen molar-refractivity contribution < 1.29 is 0 Å². The lowest BCUT2D eigenvalue weighted by molar-refractivity contribution is 0.795. The average molecular weight is 225 g/mol. The summed E-state index contributed by atoms with van der Waals surface area (Å²) in [5, 5.41) is 1.23. The van der Waals surface area contributed by atoms with Crippen LogP contribution in [0.15, 0.2) is 29.1 Å². The van der Waals surface area contributed by atoms with E-state index in [-0.39, 0.29) is 0 Å². The van der Waals surface area contributed by atoms with Crippen LogP contribution >= 0.6 is 15.9 Å². The van der Waals surface area contributed by atoms with Crippen LogP contribution in [-0.2, 0) is 6.54 Å². The summed E-state index contributed by atoms with van der Waals surface area (Å²) >= 11 is 3.51. The molecule has 0 N–H and O–H groups in total. The van der Waals surface area contributed by atoms with Crippen LogP contribution in [0.2, 0.25) is 0 Å². The van der Waals surface area contributed by atoms with Crippen LogP contribution in [0.5, 0.6) is 0 Å². The maximum atomic E-state index is 4.09. The summed E-state index contributed by atoms with van der Waals surface area (Å²) in [7, 11) is 0. The topological polar surface area (TPSA) is 17.8 Å². The molecule has 2 rings (SSSR count). The van der Waals surface area contributed by atoms with E-state index in [0.717, 1.165) is 11.0 Å². The second kappa shape index (κ2) is 2.90. The van der Waals surface area contributed by atoms with E-state index in [1.54, 1.807) is 0 Å². The minimum atomic E-state index is 0.980. The first-order valence-electron chi connectivity index (χ1n) is 3.91. The van der Waals surface area contributed by atoms with Crippen molar-refractivity contribution in [3.8, 4) is 0 Å². The van der Waals surface area contributed by atoms with Crippen LogP contribution in [0.4, 0.5) is 0 Å². The van der Waals surface area contributed by atoms with E-state index in [2.05, 4.69) is 38.6 Å². The van der Waals surface area contributed by atoms with Crippen LogP contribution < -0.4 is 0 Å². The molecule has 0 radical (unpaired) electrons. The SMILES string of the molecule is CCn1cc(Br)c2ccncc21. The zero-order valence-corrected chi connectivity index (χ0v) is 8.37. The molecule has 2 aromatic rings. The Labute approximate surface area is 79.3 Å². The molecule has 0 saturated heterocycles. The molecule has 2 heterocycles. The molecule has 12 heavy (non-hydrogen) atoms. The second-order valence-corrected chi connectivity index (χ2v) is 3.51. The van der Waals surface area contributed by atoms with Gasteiger partial charge in [0.1, 0.15) is 0 Å². The van der Waals surface area contributed by atoms with E-state index in [9.17, 15) is 0 Å². The van der Waals surface area contributed by atoms with Crippen LogP contribution in [0.25, 0.3) is 10.9 Å². The van der Waals surface area contributed by atoms with E-state index < -0.39 is 0 Å². The highest BCUT2D eigenvalue weighted by Crippen LogP contribution is 2.24. The van der Waals surface area contributed by atoms with Crippen molar-refractivity contribution >= 4 is 26.8 Å². The van der Waals surface area contributed by atoms with E-state index in [4.69, 9.17) is 0 Å². The lowest BCUT2D eigenvalue weighted by atomic mass is 10.3. The van der Waals surface area contributed by atoms with Gasteiger partial charge in [0.15, 0.2) is 0 Å². The third-order valence-corrected chi connectivity index (χ3v) is 2.61. The number of pyridine rings is 1. The van der Waals surface area contributed by atoms with Gasteiger partial charge in [-0.1, -0.05) is 0 Å². The van der Waals surface area contributed by atoms with E-state index in [1.807, 2.05) is 18.5 Å².